The summed E-state index contributed by atoms with van der Waals surface area (Å²) in [5.41, 5.74) is 2.26. The van der Waals surface area contributed by atoms with Gasteiger partial charge in [-0.15, -0.1) is 0 Å². The van der Waals surface area contributed by atoms with Crippen LogP contribution in [0.5, 0.6) is 0 Å². The Balaban J connectivity index is 1.93. The fourth-order valence-corrected chi connectivity index (χ4v) is 2.70. The van der Waals surface area contributed by atoms with Gasteiger partial charge in [0.2, 0.25) is 11.8 Å². The third kappa shape index (κ3) is 5.47. The van der Waals surface area contributed by atoms with E-state index in [1.807, 2.05) is 6.92 Å². The van der Waals surface area contributed by atoms with E-state index in [1.54, 1.807) is 24.3 Å². The summed E-state index contributed by atoms with van der Waals surface area (Å²) < 4.78 is 0. The molecule has 2 aromatic carbocycles. The topological polar surface area (TPSA) is 87.3 Å². The van der Waals surface area contributed by atoms with Crippen molar-refractivity contribution >= 4 is 52.3 Å². The fourth-order valence-electron chi connectivity index (χ4n) is 2.21. The van der Waals surface area contributed by atoms with Crippen molar-refractivity contribution in [2.75, 3.05) is 17.2 Å². The zero-order valence-corrected chi connectivity index (χ0v) is 15.7. The van der Waals surface area contributed by atoms with E-state index >= 15 is 0 Å². The second kappa shape index (κ2) is 8.69. The van der Waals surface area contributed by atoms with E-state index in [9.17, 15) is 14.4 Å². The Hall–Kier alpha value is -2.57. The minimum atomic E-state index is -0.473. The molecule has 3 amide bonds. The Morgan fingerprint density at radius 2 is 1.73 bits per heavy atom. The monoisotopic (exact) mass is 393 g/mol. The molecule has 0 radical (unpaired) electrons. The second-order valence-electron chi connectivity index (χ2n) is 5.57. The molecule has 0 bridgehead atoms. The van der Waals surface area contributed by atoms with Crippen molar-refractivity contribution < 1.29 is 14.4 Å². The summed E-state index contributed by atoms with van der Waals surface area (Å²) in [6, 6.07) is 9.56. The molecular weight excluding hydrogens is 377 g/mol. The van der Waals surface area contributed by atoms with E-state index in [0.717, 1.165) is 5.56 Å². The van der Waals surface area contributed by atoms with Gasteiger partial charge in [0.15, 0.2) is 0 Å². The molecule has 0 aliphatic heterocycles. The first kappa shape index (κ1) is 19.8. The third-order valence-electron chi connectivity index (χ3n) is 3.41. The molecule has 0 aliphatic rings. The highest BCUT2D eigenvalue weighted by molar-refractivity contribution is 6.36. The van der Waals surface area contributed by atoms with E-state index in [1.165, 1.54) is 19.1 Å². The second-order valence-corrected chi connectivity index (χ2v) is 6.41. The van der Waals surface area contributed by atoms with Crippen molar-refractivity contribution in [3.05, 3.63) is 57.6 Å². The van der Waals surface area contributed by atoms with Crippen LogP contribution in [0.1, 0.15) is 22.8 Å². The number of benzene rings is 2. The number of hydrogen-bond donors (Lipinski definition) is 3. The summed E-state index contributed by atoms with van der Waals surface area (Å²) in [6.07, 6.45) is 0. The largest absolute Gasteiger partial charge is 0.343 e. The van der Waals surface area contributed by atoms with Crippen LogP contribution in [-0.4, -0.2) is 24.3 Å². The lowest BCUT2D eigenvalue weighted by Gasteiger charge is -2.11. The molecule has 0 spiro atoms. The molecule has 26 heavy (non-hydrogen) atoms. The number of rotatable bonds is 5. The quantitative estimate of drug-likeness (QED) is 0.724. The Morgan fingerprint density at radius 1 is 1.00 bits per heavy atom. The molecule has 0 heterocycles. The van der Waals surface area contributed by atoms with E-state index < -0.39 is 11.8 Å². The van der Waals surface area contributed by atoms with E-state index in [0.29, 0.717) is 16.4 Å². The van der Waals surface area contributed by atoms with E-state index in [-0.39, 0.29) is 23.0 Å². The zero-order chi connectivity index (χ0) is 19.3. The molecule has 0 aliphatic carbocycles. The number of amides is 3. The summed E-state index contributed by atoms with van der Waals surface area (Å²) in [7, 11) is 0. The number of anilines is 2. The Bertz CT molecular complexity index is 869. The Labute approximate surface area is 160 Å². The van der Waals surface area contributed by atoms with E-state index in [4.69, 9.17) is 23.2 Å². The highest BCUT2D eigenvalue weighted by Gasteiger charge is 2.12. The van der Waals surface area contributed by atoms with Crippen LogP contribution in [0.4, 0.5) is 11.4 Å². The number of aryl methyl sites for hydroxylation is 1. The van der Waals surface area contributed by atoms with Crippen LogP contribution in [0.3, 0.4) is 0 Å². The van der Waals surface area contributed by atoms with E-state index in [2.05, 4.69) is 16.0 Å². The van der Waals surface area contributed by atoms with Crippen LogP contribution < -0.4 is 16.0 Å². The van der Waals surface area contributed by atoms with Crippen molar-refractivity contribution in [1.29, 1.82) is 0 Å². The van der Waals surface area contributed by atoms with Crippen LogP contribution in [0, 0.1) is 6.92 Å². The van der Waals surface area contributed by atoms with Crippen LogP contribution in [-0.2, 0) is 9.59 Å². The molecule has 136 valence electrons. The van der Waals surface area contributed by atoms with Gasteiger partial charge < -0.3 is 16.0 Å². The average molecular weight is 394 g/mol. The van der Waals surface area contributed by atoms with Gasteiger partial charge in [0.05, 0.1) is 17.1 Å². The van der Waals surface area contributed by atoms with Gasteiger partial charge in [-0.2, -0.15) is 0 Å². The molecule has 0 aromatic heterocycles. The maximum atomic E-state index is 12.1. The van der Waals surface area contributed by atoms with Crippen molar-refractivity contribution in [1.82, 2.24) is 5.32 Å². The first-order chi connectivity index (χ1) is 12.3. The molecule has 0 saturated heterocycles. The zero-order valence-electron chi connectivity index (χ0n) is 14.2. The van der Waals surface area contributed by atoms with Crippen molar-refractivity contribution in [3.63, 3.8) is 0 Å². The smallest absolute Gasteiger partial charge is 0.253 e. The predicted octanol–water partition coefficient (Wildman–Crippen LogP) is 3.63. The third-order valence-corrected chi connectivity index (χ3v) is 3.95. The normalized spacial score (nSPS) is 10.2. The highest BCUT2D eigenvalue weighted by atomic mass is 35.5. The summed E-state index contributed by atoms with van der Waals surface area (Å²) in [5, 5.41) is 8.49. The standard InChI is InChI=1S/C18H17Cl2N3O3/c1-10-7-13(4-6-16(10)22-11(2)24)23-17(25)9-21-18(26)14-5-3-12(19)8-15(14)20/h3-8H,9H2,1-2H3,(H,21,26)(H,22,24)(H,23,25). The average Bonchev–Trinajstić information content (AvgIpc) is 2.55. The van der Waals surface area contributed by atoms with Gasteiger partial charge in [-0.25, -0.2) is 0 Å². The first-order valence-corrected chi connectivity index (χ1v) is 8.43. The molecule has 6 nitrogen and oxygen atoms in total. The van der Waals surface area contributed by atoms with Gasteiger partial charge in [0.1, 0.15) is 0 Å². The summed E-state index contributed by atoms with van der Waals surface area (Å²) in [6.45, 7) is 3.01. The molecule has 0 fully saturated rings. The van der Waals surface area contributed by atoms with Gasteiger partial charge in [0.25, 0.3) is 5.91 Å². The SMILES string of the molecule is CC(=O)Nc1ccc(NC(=O)CNC(=O)c2ccc(Cl)cc2Cl)cc1C. The molecule has 0 unspecified atom stereocenters. The first-order valence-electron chi connectivity index (χ1n) is 7.67. The summed E-state index contributed by atoms with van der Waals surface area (Å²) >= 11 is 11.7. The van der Waals surface area contributed by atoms with Crippen LogP contribution >= 0.6 is 23.2 Å². The van der Waals surface area contributed by atoms with Gasteiger partial charge in [-0.05, 0) is 48.9 Å². The number of carbonyl (C=O) groups excluding carboxylic acids is 3. The minimum Gasteiger partial charge on any atom is -0.343 e. The predicted molar refractivity (Wildman–Crippen MR) is 103 cm³/mol. The molecule has 0 atom stereocenters. The summed E-state index contributed by atoms with van der Waals surface area (Å²) in [4.78, 5) is 35.2. The van der Waals surface area contributed by atoms with Crippen LogP contribution in [0.2, 0.25) is 10.0 Å². The lowest BCUT2D eigenvalue weighted by atomic mass is 10.1. The van der Waals surface area contributed by atoms with Gasteiger partial charge in [-0.3, -0.25) is 14.4 Å². The molecule has 0 saturated carbocycles. The molecule has 2 aromatic rings. The van der Waals surface area contributed by atoms with Crippen LogP contribution in [0.25, 0.3) is 0 Å². The number of halogens is 2. The molecule has 2 rings (SSSR count). The number of hydrogen-bond acceptors (Lipinski definition) is 3. The maximum absolute atomic E-state index is 12.1. The Kier molecular flexibility index (Phi) is 6.60. The van der Waals surface area contributed by atoms with Gasteiger partial charge >= 0.3 is 0 Å². The van der Waals surface area contributed by atoms with Crippen molar-refractivity contribution in [2.45, 2.75) is 13.8 Å². The lowest BCUT2D eigenvalue weighted by molar-refractivity contribution is -0.115. The van der Waals surface area contributed by atoms with Crippen molar-refractivity contribution in [2.24, 2.45) is 0 Å². The van der Waals surface area contributed by atoms with Crippen LogP contribution in [0.15, 0.2) is 36.4 Å². The lowest BCUT2D eigenvalue weighted by Crippen LogP contribution is -2.33. The minimum absolute atomic E-state index is 0.173. The number of nitrogens with one attached hydrogen (secondary N) is 3. The molecule has 8 heteroatoms. The maximum Gasteiger partial charge on any atom is 0.253 e. The number of carbonyl (C=O) groups is 3. The summed E-state index contributed by atoms with van der Waals surface area (Å²) in [5.74, 6) is -1.04. The molecule has 3 N–H and O–H groups in total. The highest BCUT2D eigenvalue weighted by Crippen LogP contribution is 2.21. The fraction of sp³-hybridized carbons (Fsp3) is 0.167. The van der Waals surface area contributed by atoms with Gasteiger partial charge in [-0.1, -0.05) is 23.2 Å². The molecular formula is C18H17Cl2N3O3. The Morgan fingerprint density at radius 3 is 2.35 bits per heavy atom. The van der Waals surface area contributed by atoms with Crippen molar-refractivity contribution in [3.8, 4) is 0 Å². The van der Waals surface area contributed by atoms with Gasteiger partial charge in [0, 0.05) is 23.3 Å².